The molecule has 1 rings (SSSR count). The Kier molecular flexibility index (Phi) is 8.09. The van der Waals surface area contributed by atoms with E-state index in [2.05, 4.69) is 30.7 Å². The Morgan fingerprint density at radius 1 is 0.952 bits per heavy atom. The maximum Gasteiger partial charge on any atom is 0.220 e. The van der Waals surface area contributed by atoms with Gasteiger partial charge in [0.15, 0.2) is 5.75 Å². The summed E-state index contributed by atoms with van der Waals surface area (Å²) in [5.41, 5.74) is 5.40. The van der Waals surface area contributed by atoms with E-state index in [1.54, 1.807) is 12.4 Å². The van der Waals surface area contributed by atoms with Crippen LogP contribution < -0.4 is 10.5 Å². The minimum Gasteiger partial charge on any atom is -0.484 e. The third-order valence-electron chi connectivity index (χ3n) is 3.88. The lowest BCUT2D eigenvalue weighted by Gasteiger charge is -2.31. The van der Waals surface area contributed by atoms with Gasteiger partial charge in [-0.2, -0.15) is 0 Å². The number of nitrogens with zero attached hydrogens (tertiary/aromatic N) is 2. The molecule has 21 heavy (non-hydrogen) atoms. The normalized spacial score (nSPS) is 13.9. The molecule has 1 unspecified atom stereocenters. The molecule has 0 aliphatic heterocycles. The third-order valence-corrected chi connectivity index (χ3v) is 3.88. The fraction of sp³-hybridized carbons (Fsp3) is 0.765. The Balaban J connectivity index is 2.58. The summed E-state index contributed by atoms with van der Waals surface area (Å²) < 4.78 is 6.20. The van der Waals surface area contributed by atoms with Crippen LogP contribution in [0.4, 0.5) is 5.95 Å². The van der Waals surface area contributed by atoms with Gasteiger partial charge in [-0.1, -0.05) is 46.0 Å². The van der Waals surface area contributed by atoms with Crippen molar-refractivity contribution in [1.29, 1.82) is 0 Å². The first-order valence-corrected chi connectivity index (χ1v) is 8.36. The molecule has 0 saturated heterocycles. The maximum absolute atomic E-state index is 6.20. The number of unbranched alkanes of at least 4 members (excludes halogenated alkanes) is 5. The second kappa shape index (κ2) is 9.59. The second-order valence-corrected chi connectivity index (χ2v) is 6.10. The van der Waals surface area contributed by atoms with Gasteiger partial charge in [-0.05, 0) is 32.6 Å². The van der Waals surface area contributed by atoms with Crippen LogP contribution in [0.2, 0.25) is 0 Å². The van der Waals surface area contributed by atoms with Crippen molar-refractivity contribution in [2.75, 3.05) is 5.73 Å². The first kappa shape index (κ1) is 17.7. The number of hydrogen-bond donors (Lipinski definition) is 1. The zero-order valence-corrected chi connectivity index (χ0v) is 13.9. The van der Waals surface area contributed by atoms with Crippen LogP contribution >= 0.6 is 0 Å². The summed E-state index contributed by atoms with van der Waals surface area (Å²) in [6.07, 6.45) is 14.3. The Morgan fingerprint density at radius 3 is 2.05 bits per heavy atom. The van der Waals surface area contributed by atoms with E-state index in [0.29, 0.717) is 0 Å². The first-order valence-electron chi connectivity index (χ1n) is 8.36. The van der Waals surface area contributed by atoms with Gasteiger partial charge in [0, 0.05) is 0 Å². The molecule has 1 aromatic heterocycles. The number of anilines is 1. The van der Waals surface area contributed by atoms with Crippen molar-refractivity contribution in [3.8, 4) is 5.75 Å². The first-order chi connectivity index (χ1) is 10.1. The van der Waals surface area contributed by atoms with E-state index in [-0.39, 0.29) is 11.5 Å². The molecule has 0 aliphatic rings. The highest BCUT2D eigenvalue weighted by atomic mass is 16.5. The number of hydrogen-bond acceptors (Lipinski definition) is 4. The summed E-state index contributed by atoms with van der Waals surface area (Å²) in [5.74, 6) is 1.01. The molecule has 4 heteroatoms. The Morgan fingerprint density at radius 2 is 1.48 bits per heavy atom. The number of ether oxygens (including phenoxy) is 1. The van der Waals surface area contributed by atoms with Crippen LogP contribution in [0.1, 0.15) is 78.6 Å². The fourth-order valence-corrected chi connectivity index (χ4v) is 2.57. The van der Waals surface area contributed by atoms with Crippen LogP contribution in [-0.4, -0.2) is 15.6 Å². The van der Waals surface area contributed by atoms with Gasteiger partial charge in [-0.3, -0.25) is 0 Å². The Labute approximate surface area is 129 Å². The van der Waals surface area contributed by atoms with Crippen LogP contribution in [0, 0.1) is 0 Å². The van der Waals surface area contributed by atoms with Crippen molar-refractivity contribution >= 4 is 5.95 Å². The minimum atomic E-state index is -0.123. The molecule has 0 radical (unpaired) electrons. The smallest absolute Gasteiger partial charge is 0.220 e. The molecule has 0 bridgehead atoms. The second-order valence-electron chi connectivity index (χ2n) is 6.10. The molecule has 0 aliphatic carbocycles. The zero-order valence-electron chi connectivity index (χ0n) is 13.9. The van der Waals surface area contributed by atoms with E-state index < -0.39 is 0 Å². The van der Waals surface area contributed by atoms with Gasteiger partial charge < -0.3 is 10.5 Å². The lowest BCUT2D eigenvalue weighted by Crippen LogP contribution is -2.32. The fourth-order valence-electron chi connectivity index (χ4n) is 2.57. The molecule has 0 spiro atoms. The molecule has 120 valence electrons. The van der Waals surface area contributed by atoms with Gasteiger partial charge >= 0.3 is 0 Å². The van der Waals surface area contributed by atoms with E-state index in [0.717, 1.165) is 18.6 Å². The SMILES string of the molecule is CCCCCCC(C)(CCCCC)Oc1cnc(N)nc1. The van der Waals surface area contributed by atoms with Crippen molar-refractivity contribution < 1.29 is 4.74 Å². The molecular weight excluding hydrogens is 262 g/mol. The quantitative estimate of drug-likeness (QED) is 0.598. The van der Waals surface area contributed by atoms with Crippen molar-refractivity contribution in [2.24, 2.45) is 0 Å². The highest BCUT2D eigenvalue weighted by Gasteiger charge is 2.25. The summed E-state index contributed by atoms with van der Waals surface area (Å²) in [4.78, 5) is 8.02. The van der Waals surface area contributed by atoms with Gasteiger partial charge in [0.1, 0.15) is 5.60 Å². The molecule has 4 nitrogen and oxygen atoms in total. The average molecular weight is 293 g/mol. The molecule has 1 heterocycles. The van der Waals surface area contributed by atoms with Gasteiger partial charge in [0.2, 0.25) is 5.95 Å². The molecule has 1 atom stereocenters. The van der Waals surface area contributed by atoms with Crippen molar-refractivity contribution in [3.63, 3.8) is 0 Å². The molecule has 0 fully saturated rings. The van der Waals surface area contributed by atoms with Crippen LogP contribution in [0.25, 0.3) is 0 Å². The van der Waals surface area contributed by atoms with E-state index in [1.807, 2.05) is 0 Å². The number of nitrogen functional groups attached to an aromatic ring is 1. The number of nitrogens with two attached hydrogens (primary N) is 1. The lowest BCUT2D eigenvalue weighted by atomic mass is 9.91. The van der Waals surface area contributed by atoms with Crippen molar-refractivity contribution in [2.45, 2.75) is 84.2 Å². The van der Waals surface area contributed by atoms with Crippen LogP contribution in [0.15, 0.2) is 12.4 Å². The van der Waals surface area contributed by atoms with Gasteiger partial charge in [0.25, 0.3) is 0 Å². The van der Waals surface area contributed by atoms with Crippen LogP contribution in [-0.2, 0) is 0 Å². The van der Waals surface area contributed by atoms with E-state index in [1.165, 1.54) is 44.9 Å². The number of rotatable bonds is 11. The van der Waals surface area contributed by atoms with Crippen LogP contribution in [0.5, 0.6) is 5.75 Å². The topological polar surface area (TPSA) is 61.0 Å². The molecule has 0 saturated carbocycles. The molecule has 2 N–H and O–H groups in total. The van der Waals surface area contributed by atoms with E-state index >= 15 is 0 Å². The van der Waals surface area contributed by atoms with Gasteiger partial charge in [-0.15, -0.1) is 0 Å². The largest absolute Gasteiger partial charge is 0.484 e. The molecule has 0 amide bonds. The van der Waals surface area contributed by atoms with Gasteiger partial charge in [-0.25, -0.2) is 9.97 Å². The summed E-state index contributed by atoms with van der Waals surface area (Å²) >= 11 is 0. The third kappa shape index (κ3) is 7.30. The summed E-state index contributed by atoms with van der Waals surface area (Å²) in [6, 6.07) is 0. The predicted octanol–water partition coefficient (Wildman–Crippen LogP) is 4.75. The van der Waals surface area contributed by atoms with Gasteiger partial charge in [0.05, 0.1) is 12.4 Å². The standard InChI is InChI=1S/C17H31N3O/c1-4-6-8-10-12-17(3,11-9-7-5-2)21-15-13-19-16(18)20-14-15/h13-14H,4-12H2,1-3H3,(H2,18,19,20). The minimum absolute atomic E-state index is 0.123. The Hall–Kier alpha value is -1.32. The summed E-state index contributed by atoms with van der Waals surface area (Å²) in [6.45, 7) is 6.68. The zero-order chi connectivity index (χ0) is 15.6. The molecule has 1 aromatic rings. The summed E-state index contributed by atoms with van der Waals surface area (Å²) in [7, 11) is 0. The van der Waals surface area contributed by atoms with Crippen molar-refractivity contribution in [3.05, 3.63) is 12.4 Å². The molecular formula is C17H31N3O. The predicted molar refractivity (Wildman–Crippen MR) is 88.4 cm³/mol. The highest BCUT2D eigenvalue weighted by molar-refractivity contribution is 5.21. The number of aromatic nitrogens is 2. The average Bonchev–Trinajstić information content (AvgIpc) is 2.47. The van der Waals surface area contributed by atoms with E-state index in [9.17, 15) is 0 Å². The maximum atomic E-state index is 6.20. The van der Waals surface area contributed by atoms with Crippen LogP contribution in [0.3, 0.4) is 0 Å². The monoisotopic (exact) mass is 293 g/mol. The summed E-state index contributed by atoms with van der Waals surface area (Å²) in [5, 5.41) is 0. The Bertz CT molecular complexity index is 380. The van der Waals surface area contributed by atoms with Crippen molar-refractivity contribution in [1.82, 2.24) is 9.97 Å². The molecule has 0 aromatic carbocycles. The van der Waals surface area contributed by atoms with E-state index in [4.69, 9.17) is 10.5 Å². The lowest BCUT2D eigenvalue weighted by molar-refractivity contribution is 0.0630. The highest BCUT2D eigenvalue weighted by Crippen LogP contribution is 2.28.